The molecule has 0 aromatic carbocycles. The van der Waals surface area contributed by atoms with Crippen molar-refractivity contribution < 1.29 is 32.9 Å². The van der Waals surface area contributed by atoms with Crippen LogP contribution in [0.2, 0.25) is 0 Å². The predicted molar refractivity (Wildman–Crippen MR) is 314 cm³/mol. The Morgan fingerprint density at radius 3 is 1.03 bits per heavy atom. The second-order valence-electron chi connectivity index (χ2n) is 23.5. The lowest BCUT2D eigenvalue weighted by Gasteiger charge is -2.25. The number of hydrogen-bond acceptors (Lipinski definition) is 5. The van der Waals surface area contributed by atoms with Crippen LogP contribution in [0.1, 0.15) is 335 Å². The number of unbranched alkanes of at least 4 members (excludes halogenated alkanes) is 47. The molecule has 0 radical (unpaired) electrons. The van der Waals surface area contributed by atoms with E-state index >= 15 is 0 Å². The number of aliphatic hydroxyl groups is 1. The topological polar surface area (TPSA) is 105 Å². The first-order valence-corrected chi connectivity index (χ1v) is 33.6. The number of rotatable bonds is 60. The lowest BCUT2D eigenvalue weighted by molar-refractivity contribution is -0.870. The van der Waals surface area contributed by atoms with Crippen molar-refractivity contribution in [1.82, 2.24) is 5.32 Å². The van der Waals surface area contributed by atoms with Crippen molar-refractivity contribution in [2.75, 3.05) is 40.9 Å². The molecule has 430 valence electrons. The highest BCUT2D eigenvalue weighted by Gasteiger charge is 2.28. The highest BCUT2D eigenvalue weighted by molar-refractivity contribution is 7.47. The van der Waals surface area contributed by atoms with Gasteiger partial charge in [0.2, 0.25) is 5.91 Å². The Morgan fingerprint density at radius 2 is 0.736 bits per heavy atom. The normalized spacial score (nSPS) is 13.8. The van der Waals surface area contributed by atoms with Crippen LogP contribution in [0.5, 0.6) is 0 Å². The van der Waals surface area contributed by atoms with Crippen molar-refractivity contribution in [1.29, 1.82) is 0 Å². The molecule has 0 aromatic rings. The zero-order chi connectivity index (χ0) is 52.7. The van der Waals surface area contributed by atoms with E-state index in [2.05, 4.69) is 19.2 Å². The fourth-order valence-corrected chi connectivity index (χ4v) is 10.7. The van der Waals surface area contributed by atoms with Gasteiger partial charge in [-0.15, -0.1) is 0 Å². The predicted octanol–water partition coefficient (Wildman–Crippen LogP) is 19.8. The number of aliphatic hydroxyl groups excluding tert-OH is 1. The van der Waals surface area contributed by atoms with Gasteiger partial charge < -0.3 is 19.8 Å². The van der Waals surface area contributed by atoms with E-state index in [0.29, 0.717) is 17.4 Å². The van der Waals surface area contributed by atoms with Gasteiger partial charge in [0.05, 0.1) is 39.9 Å². The number of nitrogens with one attached hydrogen (secondary N) is 1. The Bertz CT molecular complexity index is 1180. The van der Waals surface area contributed by atoms with Crippen molar-refractivity contribution in [3.8, 4) is 0 Å². The largest absolute Gasteiger partial charge is 0.472 e. The Labute approximate surface area is 450 Å². The molecule has 9 heteroatoms. The summed E-state index contributed by atoms with van der Waals surface area (Å²) in [4.78, 5) is 23.4. The van der Waals surface area contributed by atoms with E-state index in [0.717, 1.165) is 32.1 Å². The molecule has 0 saturated heterocycles. The molecule has 3 unspecified atom stereocenters. The molecular weight excluding hydrogens is 912 g/mol. The zero-order valence-electron chi connectivity index (χ0n) is 49.2. The van der Waals surface area contributed by atoms with Gasteiger partial charge in [0.25, 0.3) is 0 Å². The van der Waals surface area contributed by atoms with Crippen molar-refractivity contribution in [2.45, 2.75) is 347 Å². The number of nitrogens with zero attached hydrogens (tertiary/aromatic N) is 1. The molecule has 0 saturated carbocycles. The molecule has 0 aromatic heterocycles. The van der Waals surface area contributed by atoms with Gasteiger partial charge in [0, 0.05) is 6.42 Å². The molecule has 0 aliphatic heterocycles. The van der Waals surface area contributed by atoms with E-state index in [1.54, 1.807) is 6.08 Å². The number of carbonyl (C=O) groups is 1. The minimum atomic E-state index is -4.35. The molecular formula is C63H128N2O6P+. The Morgan fingerprint density at radius 1 is 0.458 bits per heavy atom. The van der Waals surface area contributed by atoms with Crippen LogP contribution in [-0.4, -0.2) is 73.4 Å². The minimum absolute atomic E-state index is 0.0654. The van der Waals surface area contributed by atoms with Gasteiger partial charge in [-0.05, 0) is 19.3 Å². The van der Waals surface area contributed by atoms with Crippen LogP contribution in [0.15, 0.2) is 12.2 Å². The molecule has 3 atom stereocenters. The van der Waals surface area contributed by atoms with Crippen LogP contribution in [-0.2, 0) is 18.4 Å². The SMILES string of the molecule is CCCCCCCCCCCCCCCCCCCCCCCCCCCCC/C=C/C(O)C(COP(=O)(O)OCC[N+](C)(C)C)NC(=O)CCCCCCCCCCCCCCCCCCCCCCC. The first kappa shape index (κ1) is 71.2. The van der Waals surface area contributed by atoms with Crippen LogP contribution < -0.4 is 5.32 Å². The monoisotopic (exact) mass is 1040 g/mol. The van der Waals surface area contributed by atoms with Gasteiger partial charge in [-0.1, -0.05) is 321 Å². The highest BCUT2D eigenvalue weighted by Crippen LogP contribution is 2.43. The molecule has 8 nitrogen and oxygen atoms in total. The van der Waals surface area contributed by atoms with Gasteiger partial charge >= 0.3 is 7.82 Å². The average Bonchev–Trinajstić information content (AvgIpc) is 3.34. The zero-order valence-corrected chi connectivity index (χ0v) is 50.1. The summed E-state index contributed by atoms with van der Waals surface area (Å²) in [5.41, 5.74) is 0. The number of allylic oxidation sites excluding steroid dienone is 1. The van der Waals surface area contributed by atoms with E-state index in [1.807, 2.05) is 27.2 Å². The number of amides is 1. The summed E-state index contributed by atoms with van der Waals surface area (Å²) in [7, 11) is 1.59. The molecule has 3 N–H and O–H groups in total. The Hall–Kier alpha value is -0.760. The third kappa shape index (κ3) is 57.0. The summed E-state index contributed by atoms with van der Waals surface area (Å²) >= 11 is 0. The second-order valence-corrected chi connectivity index (χ2v) is 25.0. The van der Waals surface area contributed by atoms with Gasteiger partial charge in [-0.25, -0.2) is 4.57 Å². The molecule has 0 spiro atoms. The first-order chi connectivity index (χ1) is 35.0. The van der Waals surface area contributed by atoms with Crippen molar-refractivity contribution >= 4 is 13.7 Å². The van der Waals surface area contributed by atoms with Crippen LogP contribution in [0.25, 0.3) is 0 Å². The quantitative estimate of drug-likeness (QED) is 0.0243. The summed E-state index contributed by atoms with van der Waals surface area (Å²) in [6.45, 7) is 4.88. The van der Waals surface area contributed by atoms with E-state index in [4.69, 9.17) is 9.05 Å². The van der Waals surface area contributed by atoms with Gasteiger partial charge in [0.1, 0.15) is 13.2 Å². The maximum atomic E-state index is 13.0. The lowest BCUT2D eigenvalue weighted by Crippen LogP contribution is -2.45. The molecule has 1 amide bonds. The average molecular weight is 1040 g/mol. The van der Waals surface area contributed by atoms with Crippen LogP contribution in [0.4, 0.5) is 0 Å². The van der Waals surface area contributed by atoms with E-state index in [1.165, 1.54) is 283 Å². The molecule has 0 fully saturated rings. The van der Waals surface area contributed by atoms with Crippen LogP contribution >= 0.6 is 7.82 Å². The summed E-state index contributed by atoms with van der Waals surface area (Å²) < 4.78 is 23.8. The van der Waals surface area contributed by atoms with Crippen molar-refractivity contribution in [3.05, 3.63) is 12.2 Å². The number of quaternary nitrogens is 1. The first-order valence-electron chi connectivity index (χ1n) is 32.1. The van der Waals surface area contributed by atoms with Gasteiger partial charge in [-0.2, -0.15) is 0 Å². The molecule has 0 aliphatic rings. The maximum Gasteiger partial charge on any atom is 0.472 e. The Kier molecular flexibility index (Phi) is 54.4. The number of hydrogen-bond donors (Lipinski definition) is 3. The number of phosphoric ester groups is 1. The number of carbonyl (C=O) groups excluding carboxylic acids is 1. The molecule has 72 heavy (non-hydrogen) atoms. The van der Waals surface area contributed by atoms with E-state index in [-0.39, 0.29) is 19.1 Å². The molecule has 0 bridgehead atoms. The molecule has 0 aliphatic carbocycles. The maximum absolute atomic E-state index is 13.0. The molecule has 0 heterocycles. The summed E-state index contributed by atoms with van der Waals surface area (Å²) in [6.07, 6.45) is 69.1. The highest BCUT2D eigenvalue weighted by atomic mass is 31.2. The van der Waals surface area contributed by atoms with Gasteiger partial charge in [-0.3, -0.25) is 13.8 Å². The number of phosphoric acid groups is 1. The summed E-state index contributed by atoms with van der Waals surface area (Å²) in [6, 6.07) is -0.843. The smallest absolute Gasteiger partial charge is 0.387 e. The van der Waals surface area contributed by atoms with Gasteiger partial charge in [0.15, 0.2) is 0 Å². The lowest BCUT2D eigenvalue weighted by atomic mass is 10.0. The van der Waals surface area contributed by atoms with E-state index in [9.17, 15) is 19.4 Å². The molecule has 0 rings (SSSR count). The Balaban J connectivity index is 4.09. The fraction of sp³-hybridized carbons (Fsp3) is 0.952. The van der Waals surface area contributed by atoms with Crippen LogP contribution in [0, 0.1) is 0 Å². The third-order valence-electron chi connectivity index (χ3n) is 15.0. The summed E-state index contributed by atoms with van der Waals surface area (Å²) in [5, 5.41) is 14.0. The minimum Gasteiger partial charge on any atom is -0.387 e. The second kappa shape index (κ2) is 55.0. The standard InChI is InChI=1S/C63H127N2O6P/c1-6-8-10-12-14-16-18-20-22-24-26-28-29-30-31-32-33-34-35-37-38-40-42-44-46-48-50-52-54-56-62(66)61(60-71-72(68,69)70-59-58-65(3,4)5)64-63(67)57-55-53-51-49-47-45-43-41-39-36-27-25-23-21-19-17-15-13-11-9-7-2/h54,56,61-62,66H,6-53,55,57-60H2,1-5H3,(H-,64,67,68,69)/p+1/b56-54+. The van der Waals surface area contributed by atoms with Crippen LogP contribution in [0.3, 0.4) is 0 Å². The number of likely N-dealkylation sites (N-methyl/N-ethyl adjacent to an activating group) is 1. The van der Waals surface area contributed by atoms with E-state index < -0.39 is 20.0 Å². The van der Waals surface area contributed by atoms with Crippen molar-refractivity contribution in [2.24, 2.45) is 0 Å². The third-order valence-corrected chi connectivity index (χ3v) is 16.0. The van der Waals surface area contributed by atoms with Crippen molar-refractivity contribution in [3.63, 3.8) is 0 Å². The fourth-order valence-electron chi connectivity index (χ4n) is 9.99. The summed E-state index contributed by atoms with van der Waals surface area (Å²) in [5.74, 6) is -0.168.